The van der Waals surface area contributed by atoms with Crippen molar-refractivity contribution in [3.8, 4) is 0 Å². The lowest BCUT2D eigenvalue weighted by molar-refractivity contribution is 0.1000. The van der Waals surface area contributed by atoms with Crippen molar-refractivity contribution < 1.29 is 9.00 Å². The minimum Gasteiger partial charge on any atom is -0.368 e. The Morgan fingerprint density at radius 2 is 2.29 bits per heavy atom. The molecule has 1 amide bonds. The number of nitrogens with two attached hydrogens (primary N) is 1. The highest BCUT2D eigenvalue weighted by Gasteiger charge is 2.05. The van der Waals surface area contributed by atoms with E-state index in [1.54, 1.807) is 18.4 Å². The molecule has 0 aliphatic heterocycles. The molecule has 2 unspecified atom stereocenters. The van der Waals surface area contributed by atoms with Crippen LogP contribution in [0.4, 0.5) is 5.82 Å². The van der Waals surface area contributed by atoms with Crippen molar-refractivity contribution in [2.45, 2.75) is 19.4 Å². The molecule has 1 rings (SSSR count). The van der Waals surface area contributed by atoms with Crippen LogP contribution in [0.3, 0.4) is 0 Å². The largest absolute Gasteiger partial charge is 0.368 e. The zero-order valence-electron chi connectivity index (χ0n) is 9.97. The fourth-order valence-corrected chi connectivity index (χ4v) is 1.98. The number of hydrogen-bond acceptors (Lipinski definition) is 4. The summed E-state index contributed by atoms with van der Waals surface area (Å²) in [5.74, 6) is 0.857. The van der Waals surface area contributed by atoms with Gasteiger partial charge in [0.15, 0.2) is 0 Å². The molecule has 0 aliphatic rings. The van der Waals surface area contributed by atoms with Crippen molar-refractivity contribution in [3.63, 3.8) is 0 Å². The molecule has 6 heteroatoms. The number of aromatic nitrogens is 1. The zero-order valence-corrected chi connectivity index (χ0v) is 10.8. The standard InChI is InChI=1S/C11H17N3O2S/c1-8(5-6-17(2)16)14-10-4-3-9(7-13-10)11(12)15/h3-4,7-8H,5-6H2,1-2H3,(H2,12,15)(H,13,14). The molecule has 0 aromatic carbocycles. The molecule has 0 saturated heterocycles. The van der Waals surface area contributed by atoms with E-state index >= 15 is 0 Å². The zero-order chi connectivity index (χ0) is 12.8. The summed E-state index contributed by atoms with van der Waals surface area (Å²) in [6.45, 7) is 2.00. The number of amides is 1. The molecule has 94 valence electrons. The van der Waals surface area contributed by atoms with E-state index in [9.17, 15) is 9.00 Å². The first kappa shape index (κ1) is 13.6. The molecule has 0 spiro atoms. The molecule has 5 nitrogen and oxygen atoms in total. The lowest BCUT2D eigenvalue weighted by atomic mass is 10.2. The summed E-state index contributed by atoms with van der Waals surface area (Å²) in [5, 5.41) is 3.17. The molecule has 1 aromatic rings. The van der Waals surface area contributed by atoms with Crippen molar-refractivity contribution in [2.24, 2.45) is 5.73 Å². The van der Waals surface area contributed by atoms with Crippen LogP contribution in [-0.2, 0) is 10.8 Å². The van der Waals surface area contributed by atoms with E-state index < -0.39 is 16.7 Å². The van der Waals surface area contributed by atoms with Gasteiger partial charge >= 0.3 is 0 Å². The number of carbonyl (C=O) groups excluding carboxylic acids is 1. The maximum Gasteiger partial charge on any atom is 0.250 e. The van der Waals surface area contributed by atoms with Crippen molar-refractivity contribution in [1.82, 2.24) is 4.98 Å². The molecular weight excluding hydrogens is 238 g/mol. The van der Waals surface area contributed by atoms with Gasteiger partial charge in [0.1, 0.15) is 5.82 Å². The van der Waals surface area contributed by atoms with Gasteiger partial charge in [-0.1, -0.05) is 0 Å². The molecule has 1 aromatic heterocycles. The van der Waals surface area contributed by atoms with Gasteiger partial charge in [0, 0.05) is 35.0 Å². The Morgan fingerprint density at radius 3 is 2.76 bits per heavy atom. The van der Waals surface area contributed by atoms with Crippen LogP contribution in [0.15, 0.2) is 18.3 Å². The summed E-state index contributed by atoms with van der Waals surface area (Å²) in [4.78, 5) is 14.9. The summed E-state index contributed by atoms with van der Waals surface area (Å²) in [6, 6.07) is 3.52. The average molecular weight is 255 g/mol. The second kappa shape index (κ2) is 6.34. The van der Waals surface area contributed by atoms with Gasteiger partial charge in [0.05, 0.1) is 5.56 Å². The molecule has 17 heavy (non-hydrogen) atoms. The minimum atomic E-state index is -0.776. The molecule has 0 radical (unpaired) electrons. The van der Waals surface area contributed by atoms with E-state index in [4.69, 9.17) is 5.73 Å². The number of primary amides is 1. The van der Waals surface area contributed by atoms with Crippen molar-refractivity contribution in [2.75, 3.05) is 17.3 Å². The molecule has 0 fully saturated rings. The second-order valence-corrected chi connectivity index (χ2v) is 5.46. The topological polar surface area (TPSA) is 85.1 Å². The van der Waals surface area contributed by atoms with E-state index in [2.05, 4.69) is 10.3 Å². The van der Waals surface area contributed by atoms with Crippen LogP contribution in [0.25, 0.3) is 0 Å². The highest BCUT2D eigenvalue weighted by molar-refractivity contribution is 7.84. The lowest BCUT2D eigenvalue weighted by Crippen LogP contribution is -2.19. The smallest absolute Gasteiger partial charge is 0.250 e. The van der Waals surface area contributed by atoms with Crippen molar-refractivity contribution in [3.05, 3.63) is 23.9 Å². The molecule has 1 heterocycles. The van der Waals surface area contributed by atoms with Crippen LogP contribution in [0, 0.1) is 0 Å². The molecule has 0 aliphatic carbocycles. The number of pyridine rings is 1. The van der Waals surface area contributed by atoms with Crippen LogP contribution in [0.2, 0.25) is 0 Å². The maximum atomic E-state index is 10.9. The van der Waals surface area contributed by atoms with Gasteiger partial charge in [-0.15, -0.1) is 0 Å². The van der Waals surface area contributed by atoms with Gasteiger partial charge in [0.25, 0.3) is 0 Å². The van der Waals surface area contributed by atoms with E-state index in [-0.39, 0.29) is 6.04 Å². The molecular formula is C11H17N3O2S. The number of carbonyl (C=O) groups is 1. The number of nitrogens with zero attached hydrogens (tertiary/aromatic N) is 1. The first-order valence-corrected chi connectivity index (χ1v) is 7.04. The highest BCUT2D eigenvalue weighted by atomic mass is 32.2. The predicted octanol–water partition coefficient (Wildman–Crippen LogP) is 0.750. The van der Waals surface area contributed by atoms with Crippen LogP contribution in [-0.4, -0.2) is 33.2 Å². The van der Waals surface area contributed by atoms with Crippen LogP contribution < -0.4 is 11.1 Å². The Labute approximate surface area is 103 Å². The first-order valence-electron chi connectivity index (χ1n) is 5.31. The Morgan fingerprint density at radius 1 is 1.59 bits per heavy atom. The number of nitrogens with one attached hydrogen (secondary N) is 1. The third-order valence-corrected chi connectivity index (χ3v) is 3.09. The predicted molar refractivity (Wildman–Crippen MR) is 69.4 cm³/mol. The van der Waals surface area contributed by atoms with Crippen LogP contribution in [0.5, 0.6) is 0 Å². The summed E-state index contributed by atoms with van der Waals surface area (Å²) < 4.78 is 10.9. The van der Waals surface area contributed by atoms with Gasteiger partial charge in [0.2, 0.25) is 5.91 Å². The molecule has 3 N–H and O–H groups in total. The first-order chi connectivity index (χ1) is 7.99. The third kappa shape index (κ3) is 4.95. The van der Waals surface area contributed by atoms with Crippen molar-refractivity contribution in [1.29, 1.82) is 0 Å². The Bertz CT molecular complexity index is 406. The Kier molecular flexibility index (Phi) is 5.09. The van der Waals surface area contributed by atoms with Crippen LogP contribution in [0.1, 0.15) is 23.7 Å². The van der Waals surface area contributed by atoms with E-state index in [0.717, 1.165) is 6.42 Å². The summed E-state index contributed by atoms with van der Waals surface area (Å²) in [7, 11) is -0.776. The SMILES string of the molecule is CC(CCS(C)=O)Nc1ccc(C(N)=O)cn1. The summed E-state index contributed by atoms with van der Waals surface area (Å²) >= 11 is 0. The van der Waals surface area contributed by atoms with Gasteiger partial charge in [-0.2, -0.15) is 0 Å². The van der Waals surface area contributed by atoms with Gasteiger partial charge in [-0.05, 0) is 25.5 Å². The fraction of sp³-hybridized carbons (Fsp3) is 0.455. The second-order valence-electron chi connectivity index (χ2n) is 3.91. The number of hydrogen-bond donors (Lipinski definition) is 2. The maximum absolute atomic E-state index is 10.9. The minimum absolute atomic E-state index is 0.186. The number of anilines is 1. The fourth-order valence-electron chi connectivity index (χ4n) is 1.29. The van der Waals surface area contributed by atoms with Gasteiger partial charge < -0.3 is 11.1 Å². The number of rotatable bonds is 6. The molecule has 2 atom stereocenters. The summed E-state index contributed by atoms with van der Waals surface area (Å²) in [5.41, 5.74) is 5.50. The normalized spacial score (nSPS) is 14.0. The average Bonchev–Trinajstić information content (AvgIpc) is 2.27. The summed E-state index contributed by atoms with van der Waals surface area (Å²) in [6.07, 6.45) is 3.93. The molecule has 0 saturated carbocycles. The lowest BCUT2D eigenvalue weighted by Gasteiger charge is -2.13. The quantitative estimate of drug-likeness (QED) is 0.785. The van der Waals surface area contributed by atoms with Crippen molar-refractivity contribution >= 4 is 22.5 Å². The Hall–Kier alpha value is -1.43. The third-order valence-electron chi connectivity index (χ3n) is 2.28. The van der Waals surface area contributed by atoms with Gasteiger partial charge in [-0.25, -0.2) is 4.98 Å². The van der Waals surface area contributed by atoms with Crippen LogP contribution >= 0.6 is 0 Å². The Balaban J connectivity index is 2.51. The molecule has 0 bridgehead atoms. The van der Waals surface area contributed by atoms with Gasteiger partial charge in [-0.3, -0.25) is 9.00 Å². The van der Waals surface area contributed by atoms with E-state index in [1.807, 2.05) is 6.92 Å². The monoisotopic (exact) mass is 255 g/mol. The van der Waals surface area contributed by atoms with E-state index in [1.165, 1.54) is 6.20 Å². The highest BCUT2D eigenvalue weighted by Crippen LogP contribution is 2.07. The van der Waals surface area contributed by atoms with E-state index in [0.29, 0.717) is 17.1 Å².